The molecule has 2 amide bonds. The van der Waals surface area contributed by atoms with E-state index in [0.29, 0.717) is 25.4 Å². The topological polar surface area (TPSA) is 78.5 Å². The zero-order valence-corrected chi connectivity index (χ0v) is 15.9. The molecular weight excluding hydrogens is 344 g/mol. The van der Waals surface area contributed by atoms with Gasteiger partial charge in [0, 0.05) is 44.0 Å². The normalized spacial score (nSPS) is 15.0. The number of anilines is 1. The highest BCUT2D eigenvalue weighted by Gasteiger charge is 2.26. The molecule has 7 nitrogen and oxygen atoms in total. The molecule has 0 bridgehead atoms. The van der Waals surface area contributed by atoms with Crippen LogP contribution < -0.4 is 4.90 Å². The van der Waals surface area contributed by atoms with Gasteiger partial charge in [0.25, 0.3) is 5.91 Å². The molecule has 0 atom stereocenters. The Hall–Kier alpha value is -2.67. The van der Waals surface area contributed by atoms with Crippen LogP contribution in [0.1, 0.15) is 41.9 Å². The molecule has 0 aliphatic carbocycles. The van der Waals surface area contributed by atoms with E-state index in [2.05, 4.69) is 10.2 Å². The number of para-hydroxylation sites is 1. The molecule has 0 spiro atoms. The van der Waals surface area contributed by atoms with Gasteiger partial charge < -0.3 is 14.5 Å². The first-order valence-corrected chi connectivity index (χ1v) is 9.34. The van der Waals surface area contributed by atoms with Gasteiger partial charge in [-0.15, -0.1) is 0 Å². The lowest BCUT2D eigenvalue weighted by Crippen LogP contribution is -2.40. The molecule has 2 heterocycles. The minimum absolute atomic E-state index is 0.0419. The summed E-state index contributed by atoms with van der Waals surface area (Å²) in [6, 6.07) is 11.3. The number of likely N-dealkylation sites (tertiary alicyclic amines) is 1. The van der Waals surface area contributed by atoms with E-state index in [1.54, 1.807) is 11.9 Å². The summed E-state index contributed by atoms with van der Waals surface area (Å²) in [5.41, 5.74) is 2.19. The average molecular weight is 370 g/mol. The second kappa shape index (κ2) is 8.81. The summed E-state index contributed by atoms with van der Waals surface area (Å²) in [5, 5.41) is 7.23. The fraction of sp³-hybridized carbons (Fsp3) is 0.450. The van der Waals surface area contributed by atoms with E-state index in [0.717, 1.165) is 24.2 Å². The first-order valence-electron chi connectivity index (χ1n) is 9.34. The molecule has 0 unspecified atom stereocenters. The highest BCUT2D eigenvalue weighted by atomic mass is 16.5. The highest BCUT2D eigenvalue weighted by Crippen LogP contribution is 2.27. The number of amides is 2. The summed E-state index contributed by atoms with van der Waals surface area (Å²) in [7, 11) is 1.74. The van der Waals surface area contributed by atoms with Gasteiger partial charge in [-0.25, -0.2) is 0 Å². The van der Waals surface area contributed by atoms with Crippen molar-refractivity contribution in [3.8, 4) is 0 Å². The molecule has 27 heavy (non-hydrogen) atoms. The molecule has 1 aromatic carbocycles. The Balaban J connectivity index is 1.58. The van der Waals surface area contributed by atoms with Crippen LogP contribution in [0, 0.1) is 0 Å². The summed E-state index contributed by atoms with van der Waals surface area (Å²) < 4.78 is 5.20. The van der Waals surface area contributed by atoms with Crippen molar-refractivity contribution in [1.82, 2.24) is 15.1 Å². The van der Waals surface area contributed by atoms with E-state index >= 15 is 0 Å². The van der Waals surface area contributed by atoms with Crippen molar-refractivity contribution in [2.24, 2.45) is 0 Å². The lowest BCUT2D eigenvalue weighted by atomic mass is 9.93. The van der Waals surface area contributed by atoms with E-state index in [-0.39, 0.29) is 24.3 Å². The van der Waals surface area contributed by atoms with Crippen LogP contribution in [0.2, 0.25) is 0 Å². The van der Waals surface area contributed by atoms with Crippen LogP contribution in [0.25, 0.3) is 0 Å². The van der Waals surface area contributed by atoms with Crippen molar-refractivity contribution >= 4 is 17.5 Å². The number of carbonyl (C=O) groups excluding carboxylic acids is 2. The predicted molar refractivity (Wildman–Crippen MR) is 103 cm³/mol. The largest absolute Gasteiger partial charge is 0.372 e. The van der Waals surface area contributed by atoms with Crippen LogP contribution >= 0.6 is 0 Å². The van der Waals surface area contributed by atoms with Gasteiger partial charge in [-0.1, -0.05) is 18.2 Å². The van der Waals surface area contributed by atoms with Gasteiger partial charge in [0.05, 0.1) is 0 Å². The summed E-state index contributed by atoms with van der Waals surface area (Å²) in [5.74, 6) is 0.172. The lowest BCUT2D eigenvalue weighted by molar-refractivity contribution is -0.137. The Morgan fingerprint density at radius 1 is 1.26 bits per heavy atom. The summed E-state index contributed by atoms with van der Waals surface area (Å²) in [4.78, 5) is 28.1. The molecule has 7 heteroatoms. The number of carbonyl (C=O) groups is 2. The molecule has 1 aromatic heterocycles. The maximum absolute atomic E-state index is 12.7. The standard InChI is InChI=1S/C20H26N4O3/c1-3-27-14-19(25)24-11-9-15(10-12-24)17-13-18(22-21-17)20(26)23(2)16-7-5-4-6-8-16/h4-8,13,15H,3,9-12,14H2,1-2H3,(H,21,22). The summed E-state index contributed by atoms with van der Waals surface area (Å²) >= 11 is 0. The molecule has 3 rings (SSSR count). The Morgan fingerprint density at radius 2 is 1.96 bits per heavy atom. The zero-order valence-electron chi connectivity index (χ0n) is 15.9. The number of rotatable bonds is 6. The maximum Gasteiger partial charge on any atom is 0.278 e. The second-order valence-corrected chi connectivity index (χ2v) is 6.70. The monoisotopic (exact) mass is 370 g/mol. The average Bonchev–Trinajstić information content (AvgIpc) is 3.22. The van der Waals surface area contributed by atoms with Gasteiger partial charge >= 0.3 is 0 Å². The number of nitrogens with zero attached hydrogens (tertiary/aromatic N) is 3. The third-order valence-corrected chi connectivity index (χ3v) is 4.98. The number of hydrogen-bond donors (Lipinski definition) is 1. The first-order chi connectivity index (χ1) is 13.1. The Kier molecular flexibility index (Phi) is 6.24. The molecule has 1 fully saturated rings. The molecule has 0 radical (unpaired) electrons. The zero-order chi connectivity index (χ0) is 19.2. The summed E-state index contributed by atoms with van der Waals surface area (Å²) in [6.07, 6.45) is 1.70. The smallest absolute Gasteiger partial charge is 0.278 e. The van der Waals surface area contributed by atoms with Crippen molar-refractivity contribution in [1.29, 1.82) is 0 Å². The molecule has 144 valence electrons. The fourth-order valence-corrected chi connectivity index (χ4v) is 3.32. The van der Waals surface area contributed by atoms with E-state index in [1.165, 1.54) is 0 Å². The van der Waals surface area contributed by atoms with Crippen molar-refractivity contribution in [2.45, 2.75) is 25.7 Å². The van der Waals surface area contributed by atoms with E-state index in [9.17, 15) is 9.59 Å². The van der Waals surface area contributed by atoms with Gasteiger partial charge in [-0.05, 0) is 38.0 Å². The van der Waals surface area contributed by atoms with Crippen LogP contribution in [-0.4, -0.2) is 60.3 Å². The number of H-pyrrole nitrogens is 1. The number of nitrogens with one attached hydrogen (secondary N) is 1. The Morgan fingerprint density at radius 3 is 2.63 bits per heavy atom. The maximum atomic E-state index is 12.7. The third kappa shape index (κ3) is 4.54. The van der Waals surface area contributed by atoms with Crippen LogP contribution in [0.4, 0.5) is 5.69 Å². The molecule has 0 saturated carbocycles. The number of benzene rings is 1. The van der Waals surface area contributed by atoms with Crippen LogP contribution in [0.3, 0.4) is 0 Å². The van der Waals surface area contributed by atoms with Crippen molar-refractivity contribution < 1.29 is 14.3 Å². The van der Waals surface area contributed by atoms with Crippen molar-refractivity contribution in [2.75, 3.05) is 38.3 Å². The molecule has 1 aliphatic rings. The molecule has 2 aromatic rings. The lowest BCUT2D eigenvalue weighted by Gasteiger charge is -2.31. The van der Waals surface area contributed by atoms with Gasteiger partial charge in [0.15, 0.2) is 5.69 Å². The van der Waals surface area contributed by atoms with Gasteiger partial charge in [0.2, 0.25) is 5.91 Å². The Bertz CT molecular complexity index is 767. The third-order valence-electron chi connectivity index (χ3n) is 4.98. The SMILES string of the molecule is CCOCC(=O)N1CCC(c2cc(C(=O)N(C)c3ccccc3)n[nH]2)CC1. The van der Waals surface area contributed by atoms with Crippen LogP contribution in [-0.2, 0) is 9.53 Å². The predicted octanol–water partition coefficient (Wildman–Crippen LogP) is 2.43. The van der Waals surface area contributed by atoms with Gasteiger partial charge in [-0.2, -0.15) is 5.10 Å². The van der Waals surface area contributed by atoms with Crippen LogP contribution in [0.5, 0.6) is 0 Å². The van der Waals surface area contributed by atoms with E-state index in [1.807, 2.05) is 48.2 Å². The van der Waals surface area contributed by atoms with Gasteiger partial charge in [0.1, 0.15) is 6.61 Å². The highest BCUT2D eigenvalue weighted by molar-refractivity contribution is 6.04. The summed E-state index contributed by atoms with van der Waals surface area (Å²) in [6.45, 7) is 3.97. The Labute approximate surface area is 159 Å². The number of aromatic nitrogens is 2. The van der Waals surface area contributed by atoms with E-state index < -0.39 is 0 Å². The number of aromatic amines is 1. The first kappa shape index (κ1) is 19.1. The van der Waals surface area contributed by atoms with Crippen molar-refractivity contribution in [3.05, 3.63) is 47.8 Å². The second-order valence-electron chi connectivity index (χ2n) is 6.70. The van der Waals surface area contributed by atoms with Crippen molar-refractivity contribution in [3.63, 3.8) is 0 Å². The molecule has 1 aliphatic heterocycles. The van der Waals surface area contributed by atoms with E-state index in [4.69, 9.17) is 4.74 Å². The molecule has 1 saturated heterocycles. The quantitative estimate of drug-likeness (QED) is 0.847. The van der Waals surface area contributed by atoms with Gasteiger partial charge in [-0.3, -0.25) is 14.7 Å². The molecular formula is C20H26N4O3. The minimum Gasteiger partial charge on any atom is -0.372 e. The molecule has 1 N–H and O–H groups in total. The number of hydrogen-bond acceptors (Lipinski definition) is 4. The minimum atomic E-state index is -0.145. The number of piperidine rings is 1. The van der Waals surface area contributed by atoms with Crippen LogP contribution in [0.15, 0.2) is 36.4 Å². The fourth-order valence-electron chi connectivity index (χ4n) is 3.32. The number of ether oxygens (including phenoxy) is 1.